The van der Waals surface area contributed by atoms with Gasteiger partial charge in [0.05, 0.1) is 11.8 Å². The van der Waals surface area contributed by atoms with E-state index in [0.29, 0.717) is 5.69 Å². The van der Waals surface area contributed by atoms with E-state index in [9.17, 15) is 24.6 Å². The summed E-state index contributed by atoms with van der Waals surface area (Å²) in [7, 11) is 0. The third kappa shape index (κ3) is 6.61. The van der Waals surface area contributed by atoms with Gasteiger partial charge in [-0.05, 0) is 19.1 Å². The van der Waals surface area contributed by atoms with Crippen LogP contribution < -0.4 is 5.43 Å². The smallest absolute Gasteiger partial charge is 0.360 e. The van der Waals surface area contributed by atoms with E-state index in [2.05, 4.69) is 15.4 Å². The van der Waals surface area contributed by atoms with E-state index < -0.39 is 41.8 Å². The Hall–Kier alpha value is -3.02. The summed E-state index contributed by atoms with van der Waals surface area (Å²) in [5.41, 5.74) is 2.95. The minimum atomic E-state index is -2.78. The number of aliphatic hydroxyl groups excluding tert-OH is 2. The number of ether oxygens (including phenoxy) is 2. The molecule has 0 fully saturated rings. The number of hydrogen-bond donors (Lipinski definition) is 3. The highest BCUT2D eigenvalue weighted by atomic mass is 17.2. The van der Waals surface area contributed by atoms with Crippen LogP contribution in [0.3, 0.4) is 0 Å². The Morgan fingerprint density at radius 2 is 1.64 bits per heavy atom. The number of esters is 2. The molecule has 0 spiro atoms. The zero-order valence-corrected chi connectivity index (χ0v) is 15.7. The van der Waals surface area contributed by atoms with Gasteiger partial charge < -0.3 is 19.7 Å². The van der Waals surface area contributed by atoms with Crippen LogP contribution in [0.5, 0.6) is 0 Å². The quantitative estimate of drug-likeness (QED) is 0.141. The molecule has 0 saturated heterocycles. The second-order valence-corrected chi connectivity index (χ2v) is 5.59. The van der Waals surface area contributed by atoms with Gasteiger partial charge in [0.1, 0.15) is 0 Å². The molecule has 0 saturated carbocycles. The predicted octanol–water partition coefficient (Wildman–Crippen LogP) is 0.471. The first-order valence-corrected chi connectivity index (χ1v) is 8.08. The molecule has 154 valence electrons. The van der Waals surface area contributed by atoms with Gasteiger partial charge in [-0.2, -0.15) is 0 Å². The summed E-state index contributed by atoms with van der Waals surface area (Å²) in [6, 6.07) is 8.33. The number of hydrogen-bond acceptors (Lipinski definition) is 11. The first-order chi connectivity index (χ1) is 13.1. The van der Waals surface area contributed by atoms with Gasteiger partial charge in [0.15, 0.2) is 6.10 Å². The van der Waals surface area contributed by atoms with Gasteiger partial charge in [0.25, 0.3) is 5.90 Å². The molecule has 0 amide bonds. The number of carbonyl (C=O) groups is 3. The molecule has 11 heteroatoms. The van der Waals surface area contributed by atoms with Crippen molar-refractivity contribution in [2.75, 3.05) is 5.43 Å². The van der Waals surface area contributed by atoms with E-state index in [1.807, 2.05) is 0 Å². The lowest BCUT2D eigenvalue weighted by atomic mass is 10.0. The molecule has 0 heterocycles. The molecule has 11 nitrogen and oxygen atoms in total. The molecule has 0 aromatic heterocycles. The molecule has 0 bridgehead atoms. The lowest BCUT2D eigenvalue weighted by molar-refractivity contribution is -0.394. The maximum atomic E-state index is 11.6. The van der Waals surface area contributed by atoms with Gasteiger partial charge >= 0.3 is 23.7 Å². The van der Waals surface area contributed by atoms with Crippen molar-refractivity contribution in [2.24, 2.45) is 5.10 Å². The number of para-hydroxylation sites is 1. The zero-order chi connectivity index (χ0) is 21.3. The fraction of sp³-hybridized carbons (Fsp3) is 0.412. The van der Waals surface area contributed by atoms with Gasteiger partial charge in [-0.15, -0.1) is 9.99 Å². The summed E-state index contributed by atoms with van der Waals surface area (Å²) in [5, 5.41) is 24.1. The van der Waals surface area contributed by atoms with Crippen molar-refractivity contribution in [3.05, 3.63) is 30.3 Å². The van der Waals surface area contributed by atoms with Crippen LogP contribution in [0.2, 0.25) is 0 Å². The van der Waals surface area contributed by atoms with Crippen LogP contribution in [-0.4, -0.2) is 52.0 Å². The standard InChI is InChI=1S/C17H22N2O9/c1-10(20)15(24)17(26-12(3)22,28-27-13(4)23)16(25-11(2)21)19-18-14-8-6-5-7-9-14/h5-10,15,18,20,24H,1-4H3/t10-,15-,17+/m1/s1. The van der Waals surface area contributed by atoms with E-state index in [1.54, 1.807) is 30.3 Å². The fourth-order valence-electron chi connectivity index (χ4n) is 1.92. The van der Waals surface area contributed by atoms with E-state index in [0.717, 1.165) is 27.7 Å². The van der Waals surface area contributed by atoms with E-state index in [4.69, 9.17) is 14.4 Å². The van der Waals surface area contributed by atoms with Crippen molar-refractivity contribution in [3.8, 4) is 0 Å². The maximum Gasteiger partial charge on any atom is 0.360 e. The van der Waals surface area contributed by atoms with Gasteiger partial charge in [0.2, 0.25) is 0 Å². The minimum absolute atomic E-state index is 0.433. The highest BCUT2D eigenvalue weighted by Crippen LogP contribution is 2.26. The Balaban J connectivity index is 3.49. The number of nitrogens with zero attached hydrogens (tertiary/aromatic N) is 1. The first-order valence-electron chi connectivity index (χ1n) is 8.08. The molecule has 0 unspecified atom stereocenters. The summed E-state index contributed by atoms with van der Waals surface area (Å²) < 4.78 is 9.89. The minimum Gasteiger partial charge on any atom is -0.418 e. The van der Waals surface area contributed by atoms with Crippen LogP contribution in [0.4, 0.5) is 5.69 Å². The van der Waals surface area contributed by atoms with Crippen LogP contribution in [0.25, 0.3) is 0 Å². The third-order valence-corrected chi connectivity index (χ3v) is 3.02. The van der Waals surface area contributed by atoms with Gasteiger partial charge in [-0.1, -0.05) is 18.2 Å². The molecule has 3 N–H and O–H groups in total. The predicted molar refractivity (Wildman–Crippen MR) is 94.3 cm³/mol. The van der Waals surface area contributed by atoms with Crippen LogP contribution in [0.15, 0.2) is 35.4 Å². The molecule has 1 aromatic rings. The monoisotopic (exact) mass is 398 g/mol. The molecule has 0 radical (unpaired) electrons. The van der Waals surface area contributed by atoms with Crippen LogP contribution in [0.1, 0.15) is 27.7 Å². The number of aliphatic hydroxyl groups is 2. The summed E-state index contributed by atoms with van der Waals surface area (Å²) in [4.78, 5) is 43.6. The Labute approximate surface area is 160 Å². The van der Waals surface area contributed by atoms with Crippen molar-refractivity contribution >= 4 is 29.5 Å². The number of anilines is 1. The highest BCUT2D eigenvalue weighted by molar-refractivity contribution is 5.94. The largest absolute Gasteiger partial charge is 0.418 e. The molecule has 0 aliphatic carbocycles. The van der Waals surface area contributed by atoms with Crippen LogP contribution in [0, 0.1) is 0 Å². The average Bonchev–Trinajstić information content (AvgIpc) is 2.61. The molecular weight excluding hydrogens is 376 g/mol. The Morgan fingerprint density at radius 3 is 2.11 bits per heavy atom. The summed E-state index contributed by atoms with van der Waals surface area (Å²) in [5.74, 6) is -6.53. The number of benzene rings is 1. The van der Waals surface area contributed by atoms with Crippen molar-refractivity contribution in [3.63, 3.8) is 0 Å². The van der Waals surface area contributed by atoms with Crippen molar-refractivity contribution in [1.29, 1.82) is 0 Å². The molecular formula is C17H22N2O9. The third-order valence-electron chi connectivity index (χ3n) is 3.02. The number of nitrogens with one attached hydrogen (secondary N) is 1. The normalized spacial score (nSPS) is 15.6. The number of rotatable bonds is 8. The molecule has 0 aliphatic rings. The molecule has 28 heavy (non-hydrogen) atoms. The van der Waals surface area contributed by atoms with Crippen LogP contribution in [-0.2, 0) is 33.6 Å². The fourth-order valence-corrected chi connectivity index (χ4v) is 1.92. The van der Waals surface area contributed by atoms with Gasteiger partial charge in [-0.3, -0.25) is 19.9 Å². The Morgan fingerprint density at radius 1 is 1.04 bits per heavy atom. The number of hydrazone groups is 1. The zero-order valence-electron chi connectivity index (χ0n) is 15.7. The Bertz CT molecular complexity index is 721. The van der Waals surface area contributed by atoms with Crippen molar-refractivity contribution < 1.29 is 43.8 Å². The van der Waals surface area contributed by atoms with Crippen molar-refractivity contribution in [2.45, 2.75) is 45.7 Å². The second kappa shape index (κ2) is 10.3. The second-order valence-electron chi connectivity index (χ2n) is 5.59. The van der Waals surface area contributed by atoms with E-state index >= 15 is 0 Å². The topological polar surface area (TPSA) is 153 Å². The average molecular weight is 398 g/mol. The van der Waals surface area contributed by atoms with E-state index in [1.165, 1.54) is 0 Å². The van der Waals surface area contributed by atoms with Crippen molar-refractivity contribution in [1.82, 2.24) is 0 Å². The summed E-state index contributed by atoms with van der Waals surface area (Å²) in [6.07, 6.45) is -3.65. The highest BCUT2D eigenvalue weighted by Gasteiger charge is 2.55. The van der Waals surface area contributed by atoms with E-state index in [-0.39, 0.29) is 0 Å². The van der Waals surface area contributed by atoms with Crippen LogP contribution >= 0.6 is 0 Å². The lowest BCUT2D eigenvalue weighted by Gasteiger charge is -2.34. The Kier molecular flexibility index (Phi) is 8.51. The van der Waals surface area contributed by atoms with Gasteiger partial charge in [-0.25, -0.2) is 4.79 Å². The number of carbonyl (C=O) groups excluding carboxylic acids is 3. The molecule has 1 aromatic carbocycles. The summed E-state index contributed by atoms with van der Waals surface area (Å²) >= 11 is 0. The summed E-state index contributed by atoms with van der Waals surface area (Å²) in [6.45, 7) is 4.07. The maximum absolute atomic E-state index is 11.6. The molecule has 3 atom stereocenters. The first kappa shape index (κ1) is 23.0. The molecule has 1 rings (SSSR count). The molecule has 0 aliphatic heterocycles. The lowest BCUT2D eigenvalue weighted by Crippen LogP contribution is -2.60. The van der Waals surface area contributed by atoms with Gasteiger partial charge in [0, 0.05) is 20.8 Å². The SMILES string of the molecule is CC(=O)OO[C@](OC(C)=O)(C(=NNc1ccccc1)OC(C)=O)[C@H](O)[C@@H](C)O.